The lowest BCUT2D eigenvalue weighted by molar-refractivity contribution is 0.00157. The average molecular weight is 393 g/mol. The maximum Gasteiger partial charge on any atom is 0.255 e. The van der Waals surface area contributed by atoms with Crippen LogP contribution in [0.15, 0.2) is 47.7 Å². The molecule has 0 radical (unpaired) electrons. The lowest BCUT2D eigenvalue weighted by atomic mass is 9.84. The molecule has 2 aromatic heterocycles. The van der Waals surface area contributed by atoms with E-state index in [0.29, 0.717) is 30.5 Å². The van der Waals surface area contributed by atoms with Crippen LogP contribution in [-0.4, -0.2) is 38.7 Å². The van der Waals surface area contributed by atoms with Gasteiger partial charge in [0.1, 0.15) is 18.2 Å². The maximum atomic E-state index is 13.9. The zero-order valence-electron chi connectivity index (χ0n) is 16.0. The molecule has 1 saturated heterocycles. The predicted octanol–water partition coefficient (Wildman–Crippen LogP) is 2.27. The summed E-state index contributed by atoms with van der Waals surface area (Å²) in [4.78, 5) is 27.7. The van der Waals surface area contributed by atoms with Crippen molar-refractivity contribution in [2.75, 3.05) is 18.1 Å². The molecule has 1 aromatic carbocycles. The molecule has 1 aliphatic carbocycles. The minimum Gasteiger partial charge on any atom is -0.370 e. The van der Waals surface area contributed by atoms with Gasteiger partial charge in [-0.2, -0.15) is 0 Å². The number of anilines is 1. The number of fused-ring (bicyclic) bond motifs is 3. The van der Waals surface area contributed by atoms with Gasteiger partial charge in [-0.05, 0) is 42.2 Å². The molecule has 1 aliphatic heterocycles. The number of ether oxygens (including phenoxy) is 1. The number of hydrogen-bond acceptors (Lipinski definition) is 6. The third-order valence-electron chi connectivity index (χ3n) is 5.72. The normalized spacial score (nSPS) is 20.8. The number of hydrogen-bond donors (Lipinski definition) is 0. The molecular weight excluding hydrogens is 373 g/mol. The Labute approximate surface area is 166 Å². The lowest BCUT2D eigenvalue weighted by Gasteiger charge is -2.45. The monoisotopic (exact) mass is 393 g/mol. The number of aryl methyl sites for hydroxylation is 1. The van der Waals surface area contributed by atoms with E-state index < -0.39 is 0 Å². The maximum absolute atomic E-state index is 13.9. The Bertz CT molecular complexity index is 1120. The van der Waals surface area contributed by atoms with Gasteiger partial charge in [0.25, 0.3) is 5.56 Å². The molecular formula is C21H20FN5O2. The van der Waals surface area contributed by atoms with Crippen molar-refractivity contribution in [3.05, 3.63) is 70.2 Å². The number of aromatic nitrogens is 4. The quantitative estimate of drug-likeness (QED) is 0.665. The first kappa shape index (κ1) is 17.9. The van der Waals surface area contributed by atoms with Gasteiger partial charge in [-0.25, -0.2) is 19.3 Å². The first-order valence-electron chi connectivity index (χ1n) is 9.63. The molecule has 8 heteroatoms. The summed E-state index contributed by atoms with van der Waals surface area (Å²) in [6.45, 7) is 1.09. The van der Waals surface area contributed by atoms with Crippen molar-refractivity contribution < 1.29 is 9.13 Å². The van der Waals surface area contributed by atoms with Gasteiger partial charge in [0.05, 0.1) is 24.0 Å². The SMILES string of the molecule is Cn1c(N2CCO[C@H]3c4cc(F)ccc4CC[C@@H]32)nc(-c2ccncn2)cc1=O. The lowest BCUT2D eigenvalue weighted by Crippen LogP contribution is -2.51. The molecule has 0 amide bonds. The second kappa shape index (κ2) is 7.04. The van der Waals surface area contributed by atoms with Gasteiger partial charge in [-0.1, -0.05) is 6.07 Å². The van der Waals surface area contributed by atoms with E-state index in [-0.39, 0.29) is 23.5 Å². The molecule has 0 bridgehead atoms. The molecule has 148 valence electrons. The third kappa shape index (κ3) is 3.09. The summed E-state index contributed by atoms with van der Waals surface area (Å²) in [5.41, 5.74) is 2.96. The third-order valence-corrected chi connectivity index (χ3v) is 5.72. The van der Waals surface area contributed by atoms with Crippen molar-refractivity contribution in [2.24, 2.45) is 7.05 Å². The van der Waals surface area contributed by atoms with Gasteiger partial charge < -0.3 is 9.64 Å². The summed E-state index contributed by atoms with van der Waals surface area (Å²) >= 11 is 0. The van der Waals surface area contributed by atoms with E-state index in [2.05, 4.69) is 14.9 Å². The second-order valence-electron chi connectivity index (χ2n) is 7.37. The average Bonchev–Trinajstić information content (AvgIpc) is 2.75. The van der Waals surface area contributed by atoms with Crippen LogP contribution in [-0.2, 0) is 18.2 Å². The van der Waals surface area contributed by atoms with Crippen molar-refractivity contribution in [3.63, 3.8) is 0 Å². The van der Waals surface area contributed by atoms with Crippen LogP contribution < -0.4 is 10.5 Å². The Kier molecular flexibility index (Phi) is 4.35. The zero-order valence-corrected chi connectivity index (χ0v) is 16.0. The molecule has 29 heavy (non-hydrogen) atoms. The second-order valence-corrected chi connectivity index (χ2v) is 7.37. The first-order valence-corrected chi connectivity index (χ1v) is 9.63. The van der Waals surface area contributed by atoms with Crippen molar-refractivity contribution in [1.82, 2.24) is 19.5 Å². The summed E-state index contributed by atoms with van der Waals surface area (Å²) < 4.78 is 21.5. The van der Waals surface area contributed by atoms with Crippen molar-refractivity contribution >= 4 is 5.95 Å². The van der Waals surface area contributed by atoms with Crippen LogP contribution in [0.4, 0.5) is 10.3 Å². The number of morpholine rings is 1. The molecule has 1 fully saturated rings. The smallest absolute Gasteiger partial charge is 0.255 e. The highest BCUT2D eigenvalue weighted by molar-refractivity contribution is 5.55. The summed E-state index contributed by atoms with van der Waals surface area (Å²) in [5, 5.41) is 0. The number of halogens is 1. The standard InChI is InChI=1S/C21H20FN5O2/c1-26-19(28)11-17(16-6-7-23-12-24-16)25-21(26)27-8-9-29-20-15-10-14(22)4-2-13(15)3-5-18(20)27/h2,4,6-7,10-12,18,20H,3,5,8-9H2,1H3/t18-,20-/m0/s1. The fourth-order valence-electron chi connectivity index (χ4n) is 4.29. The Balaban J connectivity index is 1.58. The van der Waals surface area contributed by atoms with Gasteiger partial charge in [-0.3, -0.25) is 9.36 Å². The molecule has 2 aliphatic rings. The highest BCUT2D eigenvalue weighted by Gasteiger charge is 2.39. The van der Waals surface area contributed by atoms with Crippen LogP contribution >= 0.6 is 0 Å². The molecule has 5 rings (SSSR count). The molecule has 3 aromatic rings. The molecule has 0 N–H and O–H groups in total. The number of rotatable bonds is 2. The van der Waals surface area contributed by atoms with Gasteiger partial charge in [-0.15, -0.1) is 0 Å². The molecule has 0 spiro atoms. The minimum atomic E-state index is -0.263. The van der Waals surface area contributed by atoms with Crippen LogP contribution in [0.25, 0.3) is 11.4 Å². The highest BCUT2D eigenvalue weighted by atomic mass is 19.1. The van der Waals surface area contributed by atoms with Crippen LogP contribution in [0.2, 0.25) is 0 Å². The molecule has 0 unspecified atom stereocenters. The summed E-state index contributed by atoms with van der Waals surface area (Å²) in [6, 6.07) is 8.10. The summed E-state index contributed by atoms with van der Waals surface area (Å²) in [5.74, 6) is 0.311. The fraction of sp³-hybridized carbons (Fsp3) is 0.333. The van der Waals surface area contributed by atoms with E-state index in [1.54, 1.807) is 29.9 Å². The summed E-state index contributed by atoms with van der Waals surface area (Å²) in [7, 11) is 1.72. The van der Waals surface area contributed by atoms with E-state index in [1.165, 1.54) is 18.5 Å². The van der Waals surface area contributed by atoms with Crippen LogP contribution in [0.1, 0.15) is 23.7 Å². The largest absolute Gasteiger partial charge is 0.370 e. The van der Waals surface area contributed by atoms with Gasteiger partial charge >= 0.3 is 0 Å². The van der Waals surface area contributed by atoms with Crippen LogP contribution in [0, 0.1) is 5.82 Å². The Morgan fingerprint density at radius 2 is 2.10 bits per heavy atom. The van der Waals surface area contributed by atoms with E-state index in [1.807, 2.05) is 6.07 Å². The van der Waals surface area contributed by atoms with E-state index in [9.17, 15) is 9.18 Å². The van der Waals surface area contributed by atoms with Gasteiger partial charge in [0.15, 0.2) is 0 Å². The molecule has 7 nitrogen and oxygen atoms in total. The number of nitrogens with zero attached hydrogens (tertiary/aromatic N) is 5. The predicted molar refractivity (Wildman–Crippen MR) is 105 cm³/mol. The van der Waals surface area contributed by atoms with Gasteiger partial charge in [0, 0.05) is 25.9 Å². The minimum absolute atomic E-state index is 0.0169. The van der Waals surface area contributed by atoms with E-state index >= 15 is 0 Å². The Morgan fingerprint density at radius 1 is 1.21 bits per heavy atom. The highest BCUT2D eigenvalue weighted by Crippen LogP contribution is 2.39. The van der Waals surface area contributed by atoms with Crippen LogP contribution in [0.3, 0.4) is 0 Å². The van der Waals surface area contributed by atoms with Crippen molar-refractivity contribution in [1.29, 1.82) is 0 Å². The zero-order chi connectivity index (χ0) is 20.0. The molecule has 0 saturated carbocycles. The topological polar surface area (TPSA) is 73.1 Å². The Morgan fingerprint density at radius 3 is 2.93 bits per heavy atom. The molecule has 3 heterocycles. The van der Waals surface area contributed by atoms with E-state index in [4.69, 9.17) is 9.72 Å². The van der Waals surface area contributed by atoms with E-state index in [0.717, 1.165) is 24.0 Å². The fourth-order valence-corrected chi connectivity index (χ4v) is 4.29. The van der Waals surface area contributed by atoms with Crippen molar-refractivity contribution in [3.8, 4) is 11.4 Å². The first-order chi connectivity index (χ1) is 14.1. The summed E-state index contributed by atoms with van der Waals surface area (Å²) in [6.07, 6.45) is 4.49. The van der Waals surface area contributed by atoms with Crippen molar-refractivity contribution in [2.45, 2.75) is 25.0 Å². The Hall–Kier alpha value is -3.13. The molecule has 2 atom stereocenters. The van der Waals surface area contributed by atoms with Crippen LogP contribution in [0.5, 0.6) is 0 Å². The number of benzene rings is 1. The van der Waals surface area contributed by atoms with Gasteiger partial charge in [0.2, 0.25) is 5.95 Å².